The Bertz CT molecular complexity index is 1480. The van der Waals surface area contributed by atoms with E-state index >= 15 is 0 Å². The highest BCUT2D eigenvalue weighted by Gasteiger charge is 2.60. The largest absolute Gasteiger partial charge is 0.380 e. The average molecular weight is 663 g/mol. The zero-order valence-corrected chi connectivity index (χ0v) is 26.9. The van der Waals surface area contributed by atoms with Gasteiger partial charge in [-0.25, -0.2) is 4.79 Å². The van der Waals surface area contributed by atoms with Gasteiger partial charge in [0.2, 0.25) is 23.6 Å². The third kappa shape index (κ3) is 7.10. The van der Waals surface area contributed by atoms with Crippen LogP contribution in [0.2, 0.25) is 0 Å². The molecule has 0 aliphatic carbocycles. The SMILES string of the molecule is C=CC1OC(/C=C\C2OC(C=C)C3C(=O)N(Cc4ccccc4)C(=O)C23)C2C(=O)N(CCN=C(N)NC(=O)NCCOCCC)C(=O)C12. The van der Waals surface area contributed by atoms with Crippen molar-refractivity contribution in [1.82, 2.24) is 20.4 Å². The lowest BCUT2D eigenvalue weighted by Gasteiger charge is -2.20. The van der Waals surface area contributed by atoms with Crippen LogP contribution in [0.5, 0.6) is 0 Å². The van der Waals surface area contributed by atoms with Crippen LogP contribution in [-0.2, 0) is 39.9 Å². The van der Waals surface area contributed by atoms with Crippen LogP contribution in [0.4, 0.5) is 4.79 Å². The molecule has 4 saturated heterocycles. The van der Waals surface area contributed by atoms with Gasteiger partial charge in [-0.05, 0) is 12.0 Å². The molecule has 0 radical (unpaired) electrons. The first-order valence-electron chi connectivity index (χ1n) is 16.1. The predicted molar refractivity (Wildman–Crippen MR) is 174 cm³/mol. The van der Waals surface area contributed by atoms with Gasteiger partial charge in [-0.3, -0.25) is 39.3 Å². The summed E-state index contributed by atoms with van der Waals surface area (Å²) in [6.07, 6.45) is 4.20. The second-order valence-corrected chi connectivity index (χ2v) is 11.9. The van der Waals surface area contributed by atoms with Crippen LogP contribution >= 0.6 is 0 Å². The molecule has 1 aromatic rings. The maximum absolute atomic E-state index is 13.5. The first kappa shape index (κ1) is 34.7. The monoisotopic (exact) mass is 662 g/mol. The number of imide groups is 2. The Kier molecular flexibility index (Phi) is 11.2. The molecule has 256 valence electrons. The van der Waals surface area contributed by atoms with E-state index in [1.807, 2.05) is 37.3 Å². The number of hydrogen-bond donors (Lipinski definition) is 3. The van der Waals surface area contributed by atoms with Crippen molar-refractivity contribution in [3.8, 4) is 0 Å². The molecule has 4 fully saturated rings. The molecule has 5 rings (SSSR count). The van der Waals surface area contributed by atoms with Gasteiger partial charge in [-0.2, -0.15) is 0 Å². The van der Waals surface area contributed by atoms with Crippen LogP contribution in [0.15, 0.2) is 72.8 Å². The Labute approximate surface area is 279 Å². The van der Waals surface area contributed by atoms with Crippen molar-refractivity contribution in [3.05, 3.63) is 73.4 Å². The van der Waals surface area contributed by atoms with Crippen molar-refractivity contribution in [3.63, 3.8) is 0 Å². The van der Waals surface area contributed by atoms with Crippen LogP contribution in [0.3, 0.4) is 0 Å². The summed E-state index contributed by atoms with van der Waals surface area (Å²) in [6.45, 7) is 10.9. The third-order valence-electron chi connectivity index (χ3n) is 8.89. The molecule has 6 amide bonds. The van der Waals surface area contributed by atoms with Crippen molar-refractivity contribution in [2.24, 2.45) is 34.4 Å². The minimum atomic E-state index is -0.834. The predicted octanol–water partition coefficient (Wildman–Crippen LogP) is 0.893. The molecule has 0 aromatic heterocycles. The standard InChI is InChI=1S/C34H42N6O8/c1-4-17-46-18-15-37-34(45)38-33(35)36-14-16-39-29(41)25-21(5-2)47-23(27(25)30(39)42)12-13-24-28-26(22(6-3)48-24)31(43)40(32(28)44)19-20-10-8-7-9-11-20/h5-13,21-28H,2-4,14-19H2,1H3,(H4,35,36,37,38,45)/b13-12-. The molecule has 0 spiro atoms. The van der Waals surface area contributed by atoms with Crippen molar-refractivity contribution >= 4 is 35.6 Å². The number of benzene rings is 1. The normalized spacial score (nSPS) is 29.9. The number of carbonyl (C=O) groups is 5. The molecule has 4 aliphatic heterocycles. The number of guanidine groups is 1. The number of hydrogen-bond acceptors (Lipinski definition) is 9. The molecule has 48 heavy (non-hydrogen) atoms. The molecule has 1 aromatic carbocycles. The minimum absolute atomic E-state index is 0.0275. The second-order valence-electron chi connectivity index (χ2n) is 11.9. The number of amides is 6. The summed E-state index contributed by atoms with van der Waals surface area (Å²) in [7, 11) is 0. The van der Waals surface area contributed by atoms with Crippen LogP contribution in [-0.4, -0.2) is 103 Å². The first-order chi connectivity index (χ1) is 23.2. The number of urea groups is 1. The number of carbonyl (C=O) groups excluding carboxylic acids is 5. The van der Waals surface area contributed by atoms with Gasteiger partial charge in [-0.15, -0.1) is 13.2 Å². The summed E-state index contributed by atoms with van der Waals surface area (Å²) in [6, 6.07) is 8.70. The molecule has 4 aliphatic rings. The summed E-state index contributed by atoms with van der Waals surface area (Å²) in [5.41, 5.74) is 6.64. The Hall–Kier alpha value is -4.66. The summed E-state index contributed by atoms with van der Waals surface area (Å²) < 4.78 is 17.4. The lowest BCUT2D eigenvalue weighted by molar-refractivity contribution is -0.144. The number of nitrogens with two attached hydrogens (primary N) is 1. The highest BCUT2D eigenvalue weighted by atomic mass is 16.5. The van der Waals surface area contributed by atoms with Gasteiger partial charge >= 0.3 is 6.03 Å². The van der Waals surface area contributed by atoms with Gasteiger partial charge in [0, 0.05) is 19.7 Å². The number of rotatable bonds is 14. The number of nitrogens with one attached hydrogen (secondary N) is 2. The van der Waals surface area contributed by atoms with Crippen LogP contribution < -0.4 is 16.4 Å². The third-order valence-corrected chi connectivity index (χ3v) is 8.89. The lowest BCUT2D eigenvalue weighted by Crippen LogP contribution is -2.44. The zero-order chi connectivity index (χ0) is 34.4. The molecule has 4 N–H and O–H groups in total. The van der Waals surface area contributed by atoms with Gasteiger partial charge in [0.1, 0.15) is 0 Å². The Morgan fingerprint density at radius 2 is 1.42 bits per heavy atom. The fourth-order valence-electron chi connectivity index (χ4n) is 6.68. The Morgan fingerprint density at radius 3 is 1.96 bits per heavy atom. The number of nitrogens with zero attached hydrogens (tertiary/aromatic N) is 3. The quantitative estimate of drug-likeness (QED) is 0.0857. The molecule has 0 bridgehead atoms. The van der Waals surface area contributed by atoms with Crippen molar-refractivity contribution < 1.29 is 38.2 Å². The summed E-state index contributed by atoms with van der Waals surface area (Å²) in [5.74, 6) is -4.79. The number of fused-ring (bicyclic) bond motifs is 2. The second kappa shape index (κ2) is 15.5. The van der Waals surface area contributed by atoms with E-state index in [1.54, 1.807) is 12.2 Å². The fraction of sp³-hybridized carbons (Fsp3) is 0.471. The summed E-state index contributed by atoms with van der Waals surface area (Å²) >= 11 is 0. The Balaban J connectivity index is 1.21. The van der Waals surface area contributed by atoms with Crippen LogP contribution in [0.1, 0.15) is 18.9 Å². The van der Waals surface area contributed by atoms with Gasteiger partial charge in [0.25, 0.3) is 0 Å². The number of aliphatic imine (C=N–C) groups is 1. The maximum Gasteiger partial charge on any atom is 0.321 e. The van der Waals surface area contributed by atoms with Crippen LogP contribution in [0, 0.1) is 23.7 Å². The fourth-order valence-corrected chi connectivity index (χ4v) is 6.68. The van der Waals surface area contributed by atoms with Crippen molar-refractivity contribution in [2.75, 3.05) is 32.8 Å². The zero-order valence-electron chi connectivity index (χ0n) is 26.9. The van der Waals surface area contributed by atoms with Gasteiger partial charge < -0.3 is 25.3 Å². The average Bonchev–Trinajstić information content (AvgIpc) is 3.78. The van der Waals surface area contributed by atoms with Gasteiger partial charge in [0.15, 0.2) is 5.96 Å². The number of ether oxygens (including phenoxy) is 3. The maximum atomic E-state index is 13.5. The van der Waals surface area contributed by atoms with E-state index < -0.39 is 65.9 Å². The molecular weight excluding hydrogens is 620 g/mol. The van der Waals surface area contributed by atoms with E-state index in [4.69, 9.17) is 19.9 Å². The van der Waals surface area contributed by atoms with Gasteiger partial charge in [0.05, 0.1) is 67.8 Å². The van der Waals surface area contributed by atoms with Gasteiger partial charge in [-0.1, -0.05) is 61.6 Å². The van der Waals surface area contributed by atoms with E-state index in [0.29, 0.717) is 19.8 Å². The molecule has 0 saturated carbocycles. The van der Waals surface area contributed by atoms with Crippen molar-refractivity contribution in [2.45, 2.75) is 44.3 Å². The highest BCUT2D eigenvalue weighted by Crippen LogP contribution is 2.44. The van der Waals surface area contributed by atoms with E-state index in [2.05, 4.69) is 28.8 Å². The van der Waals surface area contributed by atoms with Crippen LogP contribution in [0.25, 0.3) is 0 Å². The molecular formula is C34H42N6O8. The lowest BCUT2D eigenvalue weighted by atomic mass is 9.87. The summed E-state index contributed by atoms with van der Waals surface area (Å²) in [5, 5.41) is 4.99. The van der Waals surface area contributed by atoms with E-state index in [9.17, 15) is 24.0 Å². The highest BCUT2D eigenvalue weighted by molar-refractivity contribution is 6.07. The van der Waals surface area contributed by atoms with Crippen molar-refractivity contribution in [1.29, 1.82) is 0 Å². The molecule has 8 unspecified atom stereocenters. The van der Waals surface area contributed by atoms with E-state index in [0.717, 1.165) is 16.9 Å². The molecule has 4 heterocycles. The van der Waals surface area contributed by atoms with E-state index in [1.165, 1.54) is 17.1 Å². The molecule has 14 heteroatoms. The van der Waals surface area contributed by atoms with E-state index in [-0.39, 0.29) is 37.4 Å². The topological polar surface area (TPSA) is 182 Å². The minimum Gasteiger partial charge on any atom is -0.380 e. The first-order valence-corrected chi connectivity index (χ1v) is 16.1. The number of likely N-dealkylation sites (tertiary alicyclic amines) is 2. The molecule has 8 atom stereocenters. The smallest absolute Gasteiger partial charge is 0.321 e. The summed E-state index contributed by atoms with van der Waals surface area (Å²) in [4.78, 5) is 72.3. The molecule has 14 nitrogen and oxygen atoms in total. The Morgan fingerprint density at radius 1 is 0.875 bits per heavy atom.